The van der Waals surface area contributed by atoms with Gasteiger partial charge in [0.1, 0.15) is 0 Å². The molecule has 0 spiro atoms. The van der Waals surface area contributed by atoms with Gasteiger partial charge in [-0.25, -0.2) is 0 Å². The Hall–Kier alpha value is -2.41. The number of alkyl halides is 6. The highest BCUT2D eigenvalue weighted by Crippen LogP contribution is 2.51. The summed E-state index contributed by atoms with van der Waals surface area (Å²) in [4.78, 5) is 2.10. The fraction of sp³-hybridized carbons (Fsp3) is 0.100. The molecule has 3 aromatic carbocycles. The maximum Gasteiger partial charge on any atom is 0.416 e. The Bertz CT molecular complexity index is 824. The van der Waals surface area contributed by atoms with E-state index in [4.69, 9.17) is 0 Å². The summed E-state index contributed by atoms with van der Waals surface area (Å²) in [6.07, 6.45) is -8.88. The molecule has 27 heavy (non-hydrogen) atoms. The lowest BCUT2D eigenvalue weighted by molar-refractivity contribution is -0.138. The van der Waals surface area contributed by atoms with E-state index in [0.29, 0.717) is 9.79 Å². The summed E-state index contributed by atoms with van der Waals surface area (Å²) in [6, 6.07) is 18.6. The van der Waals surface area contributed by atoms with Gasteiger partial charge in [-0.15, -0.1) is 0 Å². The summed E-state index contributed by atoms with van der Waals surface area (Å²) < 4.78 is 76.9. The predicted molar refractivity (Wildman–Crippen MR) is 93.1 cm³/mol. The van der Waals surface area contributed by atoms with E-state index < -0.39 is 34.4 Å². The van der Waals surface area contributed by atoms with Gasteiger partial charge in [0.05, 0.1) is 11.1 Å². The van der Waals surface area contributed by atoms with E-state index in [-0.39, 0.29) is 0 Å². The molecule has 0 aliphatic carbocycles. The highest BCUT2D eigenvalue weighted by atomic mass is 32.2. The summed E-state index contributed by atoms with van der Waals surface area (Å²) in [6.45, 7) is 0. The van der Waals surface area contributed by atoms with Crippen LogP contribution in [0, 0.1) is 0 Å². The molecule has 3 aromatic rings. The van der Waals surface area contributed by atoms with E-state index in [9.17, 15) is 26.3 Å². The molecule has 0 amide bonds. The predicted octanol–water partition coefficient (Wildman–Crippen LogP) is 7.20. The van der Waals surface area contributed by atoms with E-state index in [1.165, 1.54) is 24.3 Å². The van der Waals surface area contributed by atoms with Gasteiger partial charge < -0.3 is 0 Å². The highest BCUT2D eigenvalue weighted by Gasteiger charge is 2.31. The van der Waals surface area contributed by atoms with Crippen LogP contribution in [0.15, 0.2) is 93.5 Å². The van der Waals surface area contributed by atoms with Crippen molar-refractivity contribution < 1.29 is 26.3 Å². The molecule has 0 atom stereocenters. The summed E-state index contributed by atoms with van der Waals surface area (Å²) >= 11 is 0. The van der Waals surface area contributed by atoms with Crippen LogP contribution in [0.25, 0.3) is 0 Å². The number of hydrogen-bond acceptors (Lipinski definition) is 0. The lowest BCUT2D eigenvalue weighted by Gasteiger charge is -2.24. The van der Waals surface area contributed by atoms with Crippen molar-refractivity contribution in [3.05, 3.63) is 90.0 Å². The number of benzene rings is 3. The van der Waals surface area contributed by atoms with Crippen LogP contribution in [0.2, 0.25) is 0 Å². The van der Waals surface area contributed by atoms with Crippen LogP contribution in [0.1, 0.15) is 11.1 Å². The van der Waals surface area contributed by atoms with E-state index in [0.717, 1.165) is 29.2 Å². The molecule has 0 fully saturated rings. The molecule has 0 N–H and O–H groups in total. The maximum absolute atomic E-state index is 12.8. The average molecular weight is 400 g/mol. The molecule has 142 valence electrons. The van der Waals surface area contributed by atoms with Crippen LogP contribution in [-0.2, 0) is 12.4 Å². The molecule has 0 unspecified atom stereocenters. The maximum atomic E-state index is 12.8. The molecular formula is C20H14F6S. The van der Waals surface area contributed by atoms with Crippen molar-refractivity contribution >= 4 is 10.9 Å². The number of halogens is 6. The minimum atomic E-state index is -4.44. The second-order valence-corrected chi connectivity index (χ2v) is 7.98. The van der Waals surface area contributed by atoms with Gasteiger partial charge in [0.15, 0.2) is 0 Å². The van der Waals surface area contributed by atoms with Crippen molar-refractivity contribution in [1.82, 2.24) is 0 Å². The van der Waals surface area contributed by atoms with Gasteiger partial charge in [-0.1, -0.05) is 18.2 Å². The summed E-state index contributed by atoms with van der Waals surface area (Å²) in [5.74, 6) is 0. The quantitative estimate of drug-likeness (QED) is 0.349. The van der Waals surface area contributed by atoms with Gasteiger partial charge in [0, 0.05) is 0 Å². The zero-order valence-electron chi connectivity index (χ0n) is 13.7. The average Bonchev–Trinajstić information content (AvgIpc) is 2.62. The number of hydrogen-bond donors (Lipinski definition) is 1. The van der Waals surface area contributed by atoms with Gasteiger partial charge in [-0.3, -0.25) is 0 Å². The molecule has 7 heteroatoms. The summed E-state index contributed by atoms with van der Waals surface area (Å²) in [7, 11) is -1.28. The molecule has 0 saturated heterocycles. The van der Waals surface area contributed by atoms with Gasteiger partial charge in [-0.2, -0.15) is 37.2 Å². The smallest absolute Gasteiger partial charge is 0.173 e. The monoisotopic (exact) mass is 400 g/mol. The van der Waals surface area contributed by atoms with E-state index >= 15 is 0 Å². The fourth-order valence-corrected chi connectivity index (χ4v) is 4.88. The summed E-state index contributed by atoms with van der Waals surface area (Å²) in [5, 5.41) is 0. The van der Waals surface area contributed by atoms with Gasteiger partial charge in [-0.05, 0) is 75.4 Å². The Labute approximate surface area is 154 Å². The van der Waals surface area contributed by atoms with Gasteiger partial charge >= 0.3 is 12.4 Å². The van der Waals surface area contributed by atoms with Crippen molar-refractivity contribution in [2.75, 3.05) is 0 Å². The van der Waals surface area contributed by atoms with Crippen molar-refractivity contribution in [3.8, 4) is 0 Å². The van der Waals surface area contributed by atoms with Gasteiger partial charge in [0.2, 0.25) is 0 Å². The van der Waals surface area contributed by atoms with Crippen LogP contribution >= 0.6 is 10.9 Å². The minimum absolute atomic E-state index is 0.629. The van der Waals surface area contributed by atoms with Crippen LogP contribution in [0.5, 0.6) is 0 Å². The molecular weight excluding hydrogens is 386 g/mol. The zero-order valence-corrected chi connectivity index (χ0v) is 14.6. The first-order valence-electron chi connectivity index (χ1n) is 7.86. The Balaban J connectivity index is 2.05. The highest BCUT2D eigenvalue weighted by molar-refractivity contribution is 8.17. The second-order valence-electron chi connectivity index (χ2n) is 5.76. The van der Waals surface area contributed by atoms with E-state index in [1.807, 2.05) is 12.1 Å². The Morgan fingerprint density at radius 2 is 0.778 bits per heavy atom. The lowest BCUT2D eigenvalue weighted by Crippen LogP contribution is -2.05. The largest absolute Gasteiger partial charge is 0.416 e. The molecule has 0 aromatic heterocycles. The second kappa shape index (κ2) is 7.31. The molecule has 0 bridgehead atoms. The zero-order chi connectivity index (χ0) is 19.7. The summed E-state index contributed by atoms with van der Waals surface area (Å²) in [5.41, 5.74) is -1.52. The Kier molecular flexibility index (Phi) is 5.24. The van der Waals surface area contributed by atoms with Crippen LogP contribution < -0.4 is 0 Å². The van der Waals surface area contributed by atoms with E-state index in [1.54, 1.807) is 18.2 Å². The fourth-order valence-electron chi connectivity index (χ4n) is 2.62. The Morgan fingerprint density at radius 1 is 0.444 bits per heavy atom. The molecule has 0 saturated carbocycles. The van der Waals surface area contributed by atoms with Crippen molar-refractivity contribution in [2.24, 2.45) is 0 Å². The molecule has 0 aliphatic rings. The third kappa shape index (κ3) is 4.47. The third-order valence-electron chi connectivity index (χ3n) is 3.92. The SMILES string of the molecule is FC(F)(F)c1ccc([SH](c2ccccc2)c2ccc(C(F)(F)F)cc2)cc1. The van der Waals surface area contributed by atoms with Crippen LogP contribution in [0.4, 0.5) is 26.3 Å². The lowest BCUT2D eigenvalue weighted by atomic mass is 10.2. The first-order valence-corrected chi connectivity index (χ1v) is 9.20. The van der Waals surface area contributed by atoms with Crippen molar-refractivity contribution in [3.63, 3.8) is 0 Å². The number of rotatable bonds is 3. The first kappa shape index (κ1) is 19.4. The van der Waals surface area contributed by atoms with Crippen molar-refractivity contribution in [1.29, 1.82) is 0 Å². The third-order valence-corrected chi connectivity index (χ3v) is 6.36. The normalized spacial score (nSPS) is 12.7. The molecule has 0 heterocycles. The first-order chi connectivity index (χ1) is 12.7. The molecule has 0 radical (unpaired) electrons. The molecule has 0 aliphatic heterocycles. The van der Waals surface area contributed by atoms with E-state index in [2.05, 4.69) is 0 Å². The van der Waals surface area contributed by atoms with Gasteiger partial charge in [0.25, 0.3) is 0 Å². The standard InChI is InChI=1S/C20H14F6S/c21-19(22,23)14-6-10-17(11-7-14)27(16-4-2-1-3-5-16)18-12-8-15(9-13-18)20(24,25)26/h1-13,27H. The number of thiol groups is 1. The topological polar surface area (TPSA) is 0 Å². The van der Waals surface area contributed by atoms with Crippen molar-refractivity contribution in [2.45, 2.75) is 27.0 Å². The molecule has 0 nitrogen and oxygen atoms in total. The van der Waals surface area contributed by atoms with Crippen LogP contribution in [0.3, 0.4) is 0 Å². The minimum Gasteiger partial charge on any atom is -0.173 e. The molecule has 3 rings (SSSR count). The van der Waals surface area contributed by atoms with Crippen LogP contribution in [-0.4, -0.2) is 0 Å². The Morgan fingerprint density at radius 3 is 1.11 bits per heavy atom.